The maximum atomic E-state index is 12.3. The molecule has 1 atom stereocenters. The molecule has 0 bridgehead atoms. The number of aromatic nitrogens is 4. The van der Waals surface area contributed by atoms with Crippen molar-refractivity contribution < 1.29 is 14.7 Å². The predicted octanol–water partition coefficient (Wildman–Crippen LogP) is 3.37. The Morgan fingerprint density at radius 1 is 1.27 bits per heavy atom. The number of carboxylic acid groups (broad SMARTS) is 1. The molecule has 4 aromatic rings. The van der Waals surface area contributed by atoms with Crippen molar-refractivity contribution in [3.05, 3.63) is 48.2 Å². The van der Waals surface area contributed by atoms with Crippen LogP contribution in [0.2, 0.25) is 0 Å². The minimum atomic E-state index is -0.875. The summed E-state index contributed by atoms with van der Waals surface area (Å²) in [6, 6.07) is 10.3. The van der Waals surface area contributed by atoms with Gasteiger partial charge in [-0.15, -0.1) is 0 Å². The van der Waals surface area contributed by atoms with Gasteiger partial charge in [0.05, 0.1) is 22.7 Å². The third kappa shape index (κ3) is 3.10. The number of hydrogen-bond donors (Lipinski definition) is 3. The average molecular weight is 403 g/mol. The van der Waals surface area contributed by atoms with Crippen LogP contribution in [0.3, 0.4) is 0 Å². The van der Waals surface area contributed by atoms with Crippen molar-refractivity contribution in [1.29, 1.82) is 0 Å². The van der Waals surface area contributed by atoms with Gasteiger partial charge in [-0.3, -0.25) is 9.89 Å². The van der Waals surface area contributed by atoms with E-state index < -0.39 is 12.0 Å². The van der Waals surface area contributed by atoms with Crippen molar-refractivity contribution in [3.8, 4) is 11.4 Å². The van der Waals surface area contributed by atoms with Crippen molar-refractivity contribution in [2.24, 2.45) is 5.92 Å². The molecule has 1 fully saturated rings. The fraction of sp³-hybridized carbons (Fsp3) is 0.273. The number of hydrogen-bond acceptors (Lipinski definition) is 4. The van der Waals surface area contributed by atoms with Crippen LogP contribution in [-0.4, -0.2) is 43.8 Å². The standard InChI is InChI=1S/C22H21N5O3/c1-23-21(28)14-6-7-18-17(10-14)25-20(13-4-5-15-11-24-26-16(15)9-13)27(18)19(22(29)30)8-12-2-3-12/h4-7,9-12,19H,2-3,8H2,1H3,(H,23,28)(H,24,26)(H,29,30). The molecule has 8 nitrogen and oxygen atoms in total. The minimum absolute atomic E-state index is 0.209. The van der Waals surface area contributed by atoms with Gasteiger partial charge in [0.15, 0.2) is 0 Å². The average Bonchev–Trinajstić information content (AvgIpc) is 3.32. The summed E-state index contributed by atoms with van der Waals surface area (Å²) >= 11 is 0. The largest absolute Gasteiger partial charge is 0.480 e. The van der Waals surface area contributed by atoms with Crippen LogP contribution in [-0.2, 0) is 4.79 Å². The first-order valence-electron chi connectivity index (χ1n) is 9.95. The van der Waals surface area contributed by atoms with Gasteiger partial charge in [0.25, 0.3) is 5.91 Å². The highest BCUT2D eigenvalue weighted by Crippen LogP contribution is 2.40. The van der Waals surface area contributed by atoms with Crippen LogP contribution in [0.1, 0.15) is 35.7 Å². The number of carbonyl (C=O) groups is 2. The zero-order valence-corrected chi connectivity index (χ0v) is 16.4. The number of carboxylic acids is 1. The lowest BCUT2D eigenvalue weighted by atomic mass is 10.1. The number of nitrogens with one attached hydrogen (secondary N) is 2. The van der Waals surface area contributed by atoms with Crippen LogP contribution in [0.5, 0.6) is 0 Å². The molecule has 3 N–H and O–H groups in total. The third-order valence-electron chi connectivity index (χ3n) is 5.73. The number of nitrogens with zero attached hydrogens (tertiary/aromatic N) is 3. The summed E-state index contributed by atoms with van der Waals surface area (Å²) in [5, 5.41) is 20.6. The lowest BCUT2D eigenvalue weighted by Gasteiger charge is -2.18. The van der Waals surface area contributed by atoms with Gasteiger partial charge in [-0.2, -0.15) is 5.10 Å². The summed E-state index contributed by atoms with van der Waals surface area (Å²) in [6.45, 7) is 0. The zero-order chi connectivity index (χ0) is 20.8. The van der Waals surface area contributed by atoms with E-state index in [4.69, 9.17) is 4.98 Å². The number of aromatic amines is 1. The molecule has 1 amide bonds. The summed E-state index contributed by atoms with van der Waals surface area (Å²) in [6.07, 6.45) is 4.43. The molecule has 1 aliphatic carbocycles. The number of benzene rings is 2. The lowest BCUT2D eigenvalue weighted by molar-refractivity contribution is -0.141. The van der Waals surface area contributed by atoms with E-state index in [9.17, 15) is 14.7 Å². The first-order chi connectivity index (χ1) is 14.5. The normalized spacial score (nSPS) is 14.8. The van der Waals surface area contributed by atoms with Gasteiger partial charge >= 0.3 is 5.97 Å². The predicted molar refractivity (Wildman–Crippen MR) is 112 cm³/mol. The summed E-state index contributed by atoms with van der Waals surface area (Å²) < 4.78 is 1.81. The Labute approximate surface area is 171 Å². The number of fused-ring (bicyclic) bond motifs is 2. The number of H-pyrrole nitrogens is 1. The van der Waals surface area contributed by atoms with Crippen molar-refractivity contribution in [1.82, 2.24) is 25.1 Å². The van der Waals surface area contributed by atoms with Crippen molar-refractivity contribution in [2.45, 2.75) is 25.3 Å². The minimum Gasteiger partial charge on any atom is -0.480 e. The van der Waals surface area contributed by atoms with Gasteiger partial charge in [-0.05, 0) is 36.6 Å². The highest BCUT2D eigenvalue weighted by atomic mass is 16.4. The number of carbonyl (C=O) groups excluding carboxylic acids is 1. The Morgan fingerprint density at radius 3 is 2.83 bits per heavy atom. The molecule has 1 saturated carbocycles. The zero-order valence-electron chi connectivity index (χ0n) is 16.4. The van der Waals surface area contributed by atoms with E-state index in [-0.39, 0.29) is 5.91 Å². The number of rotatable bonds is 6. The molecule has 0 spiro atoms. The molecule has 2 aromatic carbocycles. The Hall–Kier alpha value is -3.68. The van der Waals surface area contributed by atoms with E-state index in [0.717, 1.165) is 29.3 Å². The van der Waals surface area contributed by atoms with E-state index in [1.54, 1.807) is 36.0 Å². The fourth-order valence-electron chi connectivity index (χ4n) is 3.97. The number of imidazole rings is 1. The molecule has 0 radical (unpaired) electrons. The molecule has 2 heterocycles. The Kier molecular flexibility index (Phi) is 4.27. The summed E-state index contributed by atoms with van der Waals surface area (Å²) in [7, 11) is 1.58. The SMILES string of the molecule is CNC(=O)c1ccc2c(c1)nc(-c1ccc3cn[nH]c3c1)n2C(CC1CC1)C(=O)O. The van der Waals surface area contributed by atoms with Crippen LogP contribution >= 0.6 is 0 Å². The maximum absolute atomic E-state index is 12.3. The molecular formula is C22H21N5O3. The summed E-state index contributed by atoms with van der Waals surface area (Å²) in [5.74, 6) is -0.0830. The highest BCUT2D eigenvalue weighted by molar-refractivity contribution is 5.98. The second-order valence-corrected chi connectivity index (χ2v) is 7.79. The Bertz CT molecular complexity index is 1280. The summed E-state index contributed by atoms with van der Waals surface area (Å²) in [4.78, 5) is 29.1. The number of amides is 1. The van der Waals surface area contributed by atoms with Crippen LogP contribution in [0, 0.1) is 5.92 Å². The molecule has 0 aliphatic heterocycles. The molecule has 1 unspecified atom stereocenters. The van der Waals surface area contributed by atoms with E-state index in [1.807, 2.05) is 18.2 Å². The molecule has 5 rings (SSSR count). The fourth-order valence-corrected chi connectivity index (χ4v) is 3.97. The number of aliphatic carboxylic acids is 1. The monoisotopic (exact) mass is 403 g/mol. The van der Waals surface area contributed by atoms with Crippen LogP contribution in [0.4, 0.5) is 0 Å². The molecule has 0 saturated heterocycles. The van der Waals surface area contributed by atoms with Crippen LogP contribution in [0.25, 0.3) is 33.3 Å². The highest BCUT2D eigenvalue weighted by Gasteiger charge is 2.33. The molecule has 8 heteroatoms. The van der Waals surface area contributed by atoms with Gasteiger partial charge in [0.1, 0.15) is 11.9 Å². The molecule has 30 heavy (non-hydrogen) atoms. The Balaban J connectivity index is 1.73. The smallest absolute Gasteiger partial charge is 0.326 e. The quantitative estimate of drug-likeness (QED) is 0.457. The van der Waals surface area contributed by atoms with E-state index in [0.29, 0.717) is 34.8 Å². The van der Waals surface area contributed by atoms with Gasteiger partial charge < -0.3 is 15.0 Å². The first kappa shape index (κ1) is 18.4. The molecule has 1 aliphatic rings. The third-order valence-corrected chi connectivity index (χ3v) is 5.73. The molecular weight excluding hydrogens is 382 g/mol. The van der Waals surface area contributed by atoms with Gasteiger partial charge in [-0.1, -0.05) is 25.0 Å². The van der Waals surface area contributed by atoms with Crippen LogP contribution in [0.15, 0.2) is 42.6 Å². The van der Waals surface area contributed by atoms with Crippen LogP contribution < -0.4 is 5.32 Å². The van der Waals surface area contributed by atoms with Gasteiger partial charge in [0, 0.05) is 23.6 Å². The maximum Gasteiger partial charge on any atom is 0.326 e. The van der Waals surface area contributed by atoms with E-state index in [2.05, 4.69) is 15.5 Å². The van der Waals surface area contributed by atoms with Crippen molar-refractivity contribution >= 4 is 33.8 Å². The van der Waals surface area contributed by atoms with E-state index >= 15 is 0 Å². The molecule has 2 aromatic heterocycles. The summed E-state index contributed by atoms with van der Waals surface area (Å²) in [5.41, 5.74) is 3.44. The lowest BCUT2D eigenvalue weighted by Crippen LogP contribution is -2.21. The Morgan fingerprint density at radius 2 is 2.10 bits per heavy atom. The second-order valence-electron chi connectivity index (χ2n) is 7.79. The van der Waals surface area contributed by atoms with Crippen molar-refractivity contribution in [3.63, 3.8) is 0 Å². The van der Waals surface area contributed by atoms with Gasteiger partial charge in [0.2, 0.25) is 0 Å². The van der Waals surface area contributed by atoms with Crippen molar-refractivity contribution in [2.75, 3.05) is 7.05 Å². The first-order valence-corrected chi connectivity index (χ1v) is 9.95. The van der Waals surface area contributed by atoms with E-state index in [1.165, 1.54) is 0 Å². The topological polar surface area (TPSA) is 113 Å². The second kappa shape index (κ2) is 6.98. The molecule has 152 valence electrons. The van der Waals surface area contributed by atoms with Gasteiger partial charge in [-0.25, -0.2) is 9.78 Å².